The van der Waals surface area contributed by atoms with Crippen molar-refractivity contribution in [3.05, 3.63) is 0 Å². The van der Waals surface area contributed by atoms with Gasteiger partial charge in [0.15, 0.2) is 0 Å². The topological polar surface area (TPSA) is 26.3 Å². The molecule has 2 nitrogen and oxygen atoms in total. The van der Waals surface area contributed by atoms with Crippen LogP contribution in [0.2, 0.25) is 0 Å². The zero-order chi connectivity index (χ0) is 11.8. The highest BCUT2D eigenvalue weighted by atomic mass is 31.2. The molecule has 0 saturated heterocycles. The third-order valence-corrected chi connectivity index (χ3v) is 1.28. The van der Waals surface area contributed by atoms with Gasteiger partial charge in [0.1, 0.15) is 0 Å². The maximum absolute atomic E-state index is 11.4. The maximum Gasteiger partial charge on any atom is 0.552 e. The van der Waals surface area contributed by atoms with Gasteiger partial charge in [0, 0.05) is 0 Å². The molecule has 14 heavy (non-hydrogen) atoms. The molecule has 0 fully saturated rings. The minimum atomic E-state index is -6.85. The van der Waals surface area contributed by atoms with Gasteiger partial charge < -0.3 is 0 Å². The molecule has 0 aromatic rings. The lowest BCUT2D eigenvalue weighted by Crippen LogP contribution is -2.43. The van der Waals surface area contributed by atoms with Crippen LogP contribution in [0.3, 0.4) is 0 Å². The summed E-state index contributed by atoms with van der Waals surface area (Å²) in [6.45, 7) is 0. The van der Waals surface area contributed by atoms with Crippen molar-refractivity contribution in [3.63, 3.8) is 0 Å². The maximum atomic E-state index is 11.4. The van der Waals surface area contributed by atoms with E-state index in [2.05, 4.69) is 4.52 Å². The molecule has 0 aromatic carbocycles. The number of alkyl halides is 6. The zero-order valence-corrected chi connectivity index (χ0v) is 6.76. The number of hydrogen-bond donors (Lipinski definition) is 0. The normalized spacial score (nSPS) is 14.9. The summed E-state index contributed by atoms with van der Waals surface area (Å²) < 4.78 is 103. The lowest BCUT2D eigenvalue weighted by Gasteiger charge is -2.21. The highest BCUT2D eigenvalue weighted by Crippen LogP contribution is 2.55. The summed E-state index contributed by atoms with van der Waals surface area (Å²) in [5.74, 6) is 0. The molecule has 0 heterocycles. The highest BCUT2D eigenvalue weighted by molar-refractivity contribution is 7.47. The van der Waals surface area contributed by atoms with Gasteiger partial charge in [0.05, 0.1) is 0 Å². The monoisotopic (exact) mass is 252 g/mol. The summed E-state index contributed by atoms with van der Waals surface area (Å²) in [5, 5.41) is 0. The van der Waals surface area contributed by atoms with Crippen molar-refractivity contribution in [2.75, 3.05) is 0 Å². The van der Waals surface area contributed by atoms with E-state index in [1.165, 1.54) is 0 Å². The minimum Gasteiger partial charge on any atom is -0.257 e. The largest absolute Gasteiger partial charge is 0.552 e. The Morgan fingerprint density at radius 1 is 0.929 bits per heavy atom. The van der Waals surface area contributed by atoms with Gasteiger partial charge in [-0.05, 0) is 0 Å². The van der Waals surface area contributed by atoms with Crippen LogP contribution >= 0.6 is 7.99 Å². The summed E-state index contributed by atoms with van der Waals surface area (Å²) in [7, 11) is -6.85. The van der Waals surface area contributed by atoms with E-state index in [1.54, 1.807) is 0 Å². The Kier molecular flexibility index (Phi) is 3.55. The number of hydrogen-bond acceptors (Lipinski definition) is 2. The van der Waals surface area contributed by atoms with Gasteiger partial charge in [-0.25, -0.2) is 4.57 Å². The second-order valence-electron chi connectivity index (χ2n) is 1.98. The summed E-state index contributed by atoms with van der Waals surface area (Å²) in [6.07, 6.45) is -16.9. The van der Waals surface area contributed by atoms with Crippen molar-refractivity contribution in [2.24, 2.45) is 0 Å². The van der Waals surface area contributed by atoms with Gasteiger partial charge >= 0.3 is 20.3 Å². The fraction of sp³-hybridized carbons (Fsp3) is 1.00. The molecule has 0 radical (unpaired) electrons. The van der Waals surface area contributed by atoms with Crippen LogP contribution in [0.5, 0.6) is 0 Å². The fourth-order valence-corrected chi connectivity index (χ4v) is 0.912. The Bertz CT molecular complexity index is 222. The SMILES string of the molecule is O=P(F)(F)OC(C(F)(F)F)C(F)(F)F. The molecular weight excluding hydrogens is 251 g/mol. The molecule has 0 rings (SSSR count). The molecule has 0 spiro atoms. The molecule has 0 atom stereocenters. The number of rotatable bonds is 2. The first-order valence-electron chi connectivity index (χ1n) is 2.65. The highest BCUT2D eigenvalue weighted by Gasteiger charge is 2.61. The molecule has 11 heteroatoms. The quantitative estimate of drug-likeness (QED) is 0.554. The van der Waals surface area contributed by atoms with Crippen LogP contribution in [-0.4, -0.2) is 18.5 Å². The Balaban J connectivity index is 4.87. The summed E-state index contributed by atoms with van der Waals surface area (Å²) in [4.78, 5) is 0. The summed E-state index contributed by atoms with van der Waals surface area (Å²) >= 11 is 0. The lowest BCUT2D eigenvalue weighted by molar-refractivity contribution is -0.301. The molecule has 0 aliphatic heterocycles. The van der Waals surface area contributed by atoms with Gasteiger partial charge in [-0.3, -0.25) is 4.52 Å². The molecule has 0 amide bonds. The molecular formula is C3HF8O2P. The van der Waals surface area contributed by atoms with Gasteiger partial charge in [0.25, 0.3) is 6.10 Å². The minimum absolute atomic E-state index is 2.14. The van der Waals surface area contributed by atoms with Crippen LogP contribution < -0.4 is 0 Å². The third-order valence-electron chi connectivity index (χ3n) is 0.823. The molecule has 0 saturated carbocycles. The first-order chi connectivity index (χ1) is 5.84. The molecule has 0 aliphatic carbocycles. The van der Waals surface area contributed by atoms with Gasteiger partial charge in [-0.1, -0.05) is 0 Å². The van der Waals surface area contributed by atoms with E-state index in [0.717, 1.165) is 0 Å². The predicted octanol–water partition coefficient (Wildman–Crippen LogP) is 3.54. The smallest absolute Gasteiger partial charge is 0.257 e. The zero-order valence-electron chi connectivity index (χ0n) is 5.86. The second-order valence-corrected chi connectivity index (χ2v) is 3.02. The van der Waals surface area contributed by atoms with Crippen molar-refractivity contribution in [1.82, 2.24) is 0 Å². The van der Waals surface area contributed by atoms with Gasteiger partial charge in [-0.15, -0.1) is 8.39 Å². The van der Waals surface area contributed by atoms with Gasteiger partial charge in [0.2, 0.25) is 0 Å². The van der Waals surface area contributed by atoms with E-state index in [-0.39, 0.29) is 0 Å². The van der Waals surface area contributed by atoms with E-state index in [9.17, 15) is 39.3 Å². The Labute approximate surface area is 71.5 Å². The van der Waals surface area contributed by atoms with E-state index in [1.807, 2.05) is 0 Å². The van der Waals surface area contributed by atoms with Crippen LogP contribution in [-0.2, 0) is 9.09 Å². The van der Waals surface area contributed by atoms with Crippen LogP contribution in [0.4, 0.5) is 34.7 Å². The summed E-state index contributed by atoms with van der Waals surface area (Å²) in [6, 6.07) is 0. The van der Waals surface area contributed by atoms with E-state index >= 15 is 0 Å². The molecule has 0 aromatic heterocycles. The van der Waals surface area contributed by atoms with Gasteiger partial charge in [-0.2, -0.15) is 26.3 Å². The summed E-state index contributed by atoms with van der Waals surface area (Å²) in [5.41, 5.74) is 0. The van der Waals surface area contributed by atoms with Crippen LogP contribution in [0.1, 0.15) is 0 Å². The van der Waals surface area contributed by atoms with Crippen LogP contribution in [0, 0.1) is 0 Å². The molecule has 86 valence electrons. The van der Waals surface area contributed by atoms with Crippen molar-refractivity contribution in [3.8, 4) is 0 Å². The van der Waals surface area contributed by atoms with Crippen molar-refractivity contribution in [2.45, 2.75) is 18.5 Å². The van der Waals surface area contributed by atoms with Crippen LogP contribution in [0.15, 0.2) is 0 Å². The Morgan fingerprint density at radius 2 is 1.21 bits per heavy atom. The van der Waals surface area contributed by atoms with Crippen molar-refractivity contribution in [1.29, 1.82) is 0 Å². The van der Waals surface area contributed by atoms with E-state index in [4.69, 9.17) is 0 Å². The molecule has 0 unspecified atom stereocenters. The van der Waals surface area contributed by atoms with E-state index in [0.29, 0.717) is 0 Å². The molecule has 0 aliphatic rings. The van der Waals surface area contributed by atoms with E-state index < -0.39 is 26.4 Å². The van der Waals surface area contributed by atoms with Crippen LogP contribution in [0.25, 0.3) is 0 Å². The Morgan fingerprint density at radius 3 is 1.29 bits per heavy atom. The average molecular weight is 252 g/mol. The first-order valence-corrected chi connectivity index (χ1v) is 4.06. The Hall–Kier alpha value is -0.370. The fourth-order valence-electron chi connectivity index (χ4n) is 0.428. The third kappa shape index (κ3) is 4.75. The van der Waals surface area contributed by atoms with Crippen molar-refractivity contribution < 1.29 is 43.8 Å². The second kappa shape index (κ2) is 3.65. The standard InChI is InChI=1S/C3HF8O2P/c4-2(5,6)1(3(7,8)9)13-14(10,11)12/h1H. The lowest BCUT2D eigenvalue weighted by atomic mass is 10.3. The average Bonchev–Trinajstić information content (AvgIpc) is 1.75. The van der Waals surface area contributed by atoms with Crippen molar-refractivity contribution >= 4 is 7.99 Å². The first kappa shape index (κ1) is 13.6. The number of halogens is 8. The molecule has 0 bridgehead atoms. The predicted molar refractivity (Wildman–Crippen MR) is 26.8 cm³/mol. The molecule has 0 N–H and O–H groups in total.